The molecule has 0 saturated carbocycles. The van der Waals surface area contributed by atoms with Gasteiger partial charge in [0.2, 0.25) is 0 Å². The van der Waals surface area contributed by atoms with E-state index in [1.807, 2.05) is 19.9 Å². The minimum atomic E-state index is -0.678. The van der Waals surface area contributed by atoms with Crippen molar-refractivity contribution < 1.29 is 18.7 Å². The van der Waals surface area contributed by atoms with Crippen LogP contribution in [0.25, 0.3) is 0 Å². The second kappa shape index (κ2) is 6.91. The van der Waals surface area contributed by atoms with Crippen molar-refractivity contribution in [2.75, 3.05) is 7.11 Å². The van der Waals surface area contributed by atoms with Crippen LogP contribution < -0.4 is 15.6 Å². The third-order valence-corrected chi connectivity index (χ3v) is 3.12. The number of amides is 2. The predicted molar refractivity (Wildman–Crippen MR) is 80.3 cm³/mol. The van der Waals surface area contributed by atoms with Crippen LogP contribution in [-0.4, -0.2) is 28.7 Å². The van der Waals surface area contributed by atoms with E-state index in [2.05, 4.69) is 16.0 Å². The number of hydrazine groups is 1. The Balaban J connectivity index is 1.97. The average molecular weight is 320 g/mol. The van der Waals surface area contributed by atoms with Crippen LogP contribution in [0.4, 0.5) is 4.39 Å². The molecular weight excluding hydrogens is 303 g/mol. The molecule has 8 heteroatoms. The molecule has 0 aliphatic carbocycles. The highest BCUT2D eigenvalue weighted by Gasteiger charge is 2.14. The SMILES string of the molecule is COc1ccc(F)cc1C(=O)NNC(=O)Cn1nc(C)cc1C. The molecule has 0 aliphatic rings. The molecule has 0 unspecified atom stereocenters. The van der Waals surface area contributed by atoms with E-state index < -0.39 is 17.6 Å². The number of methoxy groups -OCH3 is 1. The zero-order valence-corrected chi connectivity index (χ0v) is 13.0. The van der Waals surface area contributed by atoms with E-state index in [1.165, 1.54) is 23.9 Å². The van der Waals surface area contributed by atoms with Crippen molar-refractivity contribution in [2.24, 2.45) is 0 Å². The number of halogens is 1. The first-order valence-corrected chi connectivity index (χ1v) is 6.84. The van der Waals surface area contributed by atoms with Gasteiger partial charge in [-0.2, -0.15) is 5.10 Å². The van der Waals surface area contributed by atoms with Crippen LogP contribution in [0, 0.1) is 19.7 Å². The number of nitrogens with one attached hydrogen (secondary N) is 2. The van der Waals surface area contributed by atoms with Gasteiger partial charge in [0.25, 0.3) is 11.8 Å². The Morgan fingerprint density at radius 2 is 2.00 bits per heavy atom. The maximum Gasteiger partial charge on any atom is 0.273 e. The third kappa shape index (κ3) is 4.06. The highest BCUT2D eigenvalue weighted by atomic mass is 19.1. The lowest BCUT2D eigenvalue weighted by Gasteiger charge is -2.11. The number of aryl methyl sites for hydroxylation is 2. The van der Waals surface area contributed by atoms with Crippen molar-refractivity contribution in [3.63, 3.8) is 0 Å². The quantitative estimate of drug-likeness (QED) is 0.827. The molecule has 0 saturated heterocycles. The van der Waals surface area contributed by atoms with Crippen LogP contribution in [0.3, 0.4) is 0 Å². The number of carbonyl (C=O) groups is 2. The summed E-state index contributed by atoms with van der Waals surface area (Å²) in [6.45, 7) is 3.60. The molecule has 1 aromatic carbocycles. The number of benzene rings is 1. The number of aromatic nitrogens is 2. The fourth-order valence-corrected chi connectivity index (χ4v) is 2.06. The van der Waals surface area contributed by atoms with Gasteiger partial charge in [-0.1, -0.05) is 0 Å². The summed E-state index contributed by atoms with van der Waals surface area (Å²) in [5, 5.41) is 4.15. The van der Waals surface area contributed by atoms with Crippen molar-refractivity contribution in [3.05, 3.63) is 47.0 Å². The molecule has 0 fully saturated rings. The van der Waals surface area contributed by atoms with E-state index in [0.717, 1.165) is 17.5 Å². The van der Waals surface area contributed by atoms with Gasteiger partial charge in [0.1, 0.15) is 18.1 Å². The summed E-state index contributed by atoms with van der Waals surface area (Å²) in [4.78, 5) is 23.8. The molecule has 0 atom stereocenters. The van der Waals surface area contributed by atoms with E-state index in [-0.39, 0.29) is 17.9 Å². The van der Waals surface area contributed by atoms with Gasteiger partial charge < -0.3 is 4.74 Å². The molecule has 2 aromatic rings. The maximum absolute atomic E-state index is 13.2. The Kier molecular flexibility index (Phi) is 4.95. The number of ether oxygens (including phenoxy) is 1. The van der Waals surface area contributed by atoms with E-state index in [9.17, 15) is 14.0 Å². The Labute approximate surface area is 132 Å². The van der Waals surface area contributed by atoms with Gasteiger partial charge in [-0.25, -0.2) is 4.39 Å². The lowest BCUT2D eigenvalue weighted by atomic mass is 10.2. The molecule has 1 heterocycles. The molecule has 122 valence electrons. The normalized spacial score (nSPS) is 10.3. The summed E-state index contributed by atoms with van der Waals surface area (Å²) in [6.07, 6.45) is 0. The predicted octanol–water partition coefficient (Wildman–Crippen LogP) is 1.11. The zero-order chi connectivity index (χ0) is 17.0. The van der Waals surface area contributed by atoms with Gasteiger partial charge in [-0.05, 0) is 38.1 Å². The fraction of sp³-hybridized carbons (Fsp3) is 0.267. The van der Waals surface area contributed by atoms with E-state index in [4.69, 9.17) is 4.74 Å². The van der Waals surface area contributed by atoms with Crippen molar-refractivity contribution >= 4 is 11.8 Å². The van der Waals surface area contributed by atoms with Crippen LogP contribution in [0.2, 0.25) is 0 Å². The third-order valence-electron chi connectivity index (χ3n) is 3.12. The van der Waals surface area contributed by atoms with Crippen molar-refractivity contribution in [1.29, 1.82) is 0 Å². The number of hydrogen-bond acceptors (Lipinski definition) is 4. The monoisotopic (exact) mass is 320 g/mol. The molecule has 0 radical (unpaired) electrons. The summed E-state index contributed by atoms with van der Waals surface area (Å²) in [5.41, 5.74) is 6.09. The molecule has 0 aliphatic heterocycles. The molecule has 2 rings (SSSR count). The first-order chi connectivity index (χ1) is 10.9. The topological polar surface area (TPSA) is 85.3 Å². The summed E-state index contributed by atoms with van der Waals surface area (Å²) < 4.78 is 19.7. The molecule has 7 nitrogen and oxygen atoms in total. The smallest absolute Gasteiger partial charge is 0.273 e. The Morgan fingerprint density at radius 3 is 2.61 bits per heavy atom. The number of rotatable bonds is 4. The second-order valence-electron chi connectivity index (χ2n) is 4.93. The highest BCUT2D eigenvalue weighted by molar-refractivity contribution is 5.97. The van der Waals surface area contributed by atoms with E-state index in [0.29, 0.717) is 0 Å². The van der Waals surface area contributed by atoms with Crippen LogP contribution in [-0.2, 0) is 11.3 Å². The first kappa shape index (κ1) is 16.5. The van der Waals surface area contributed by atoms with Crippen LogP contribution >= 0.6 is 0 Å². The van der Waals surface area contributed by atoms with Gasteiger partial charge in [0, 0.05) is 5.69 Å². The minimum Gasteiger partial charge on any atom is -0.496 e. The summed E-state index contributed by atoms with van der Waals surface area (Å²) in [7, 11) is 1.37. The Hall–Kier alpha value is -2.90. The van der Waals surface area contributed by atoms with Crippen molar-refractivity contribution in [3.8, 4) is 5.75 Å². The van der Waals surface area contributed by atoms with Crippen molar-refractivity contribution in [1.82, 2.24) is 20.6 Å². The highest BCUT2D eigenvalue weighted by Crippen LogP contribution is 2.18. The van der Waals surface area contributed by atoms with Gasteiger partial charge in [0.05, 0.1) is 18.4 Å². The van der Waals surface area contributed by atoms with Crippen LogP contribution in [0.1, 0.15) is 21.7 Å². The Bertz CT molecular complexity index is 742. The molecule has 0 spiro atoms. The zero-order valence-electron chi connectivity index (χ0n) is 13.0. The average Bonchev–Trinajstić information content (AvgIpc) is 2.82. The second-order valence-corrected chi connectivity index (χ2v) is 4.93. The summed E-state index contributed by atoms with van der Waals surface area (Å²) in [5.74, 6) is -1.51. The standard InChI is InChI=1S/C15H17FN4O3/c1-9-6-10(2)20(19-9)8-14(21)17-18-15(22)12-7-11(16)4-5-13(12)23-3/h4-7H,8H2,1-3H3,(H,17,21)(H,18,22). The number of carbonyl (C=O) groups excluding carboxylic acids is 2. The first-order valence-electron chi connectivity index (χ1n) is 6.84. The Morgan fingerprint density at radius 1 is 1.26 bits per heavy atom. The fourth-order valence-electron chi connectivity index (χ4n) is 2.06. The molecule has 2 N–H and O–H groups in total. The minimum absolute atomic E-state index is 0.0149. The molecular formula is C15H17FN4O3. The van der Waals surface area contributed by atoms with E-state index >= 15 is 0 Å². The van der Waals surface area contributed by atoms with E-state index in [1.54, 1.807) is 0 Å². The lowest BCUT2D eigenvalue weighted by molar-refractivity contribution is -0.122. The number of nitrogens with zero attached hydrogens (tertiary/aromatic N) is 2. The molecule has 0 bridgehead atoms. The van der Waals surface area contributed by atoms with Gasteiger partial charge in [0.15, 0.2) is 0 Å². The lowest BCUT2D eigenvalue weighted by Crippen LogP contribution is -2.43. The van der Waals surface area contributed by atoms with Gasteiger partial charge >= 0.3 is 0 Å². The molecule has 23 heavy (non-hydrogen) atoms. The van der Waals surface area contributed by atoms with Gasteiger partial charge in [-0.3, -0.25) is 25.1 Å². The van der Waals surface area contributed by atoms with Crippen molar-refractivity contribution in [2.45, 2.75) is 20.4 Å². The van der Waals surface area contributed by atoms with Crippen LogP contribution in [0.5, 0.6) is 5.75 Å². The maximum atomic E-state index is 13.2. The number of hydrogen-bond donors (Lipinski definition) is 2. The summed E-state index contributed by atoms with van der Waals surface area (Å²) >= 11 is 0. The summed E-state index contributed by atoms with van der Waals surface area (Å²) in [6, 6.07) is 5.38. The molecule has 2 amide bonds. The largest absolute Gasteiger partial charge is 0.496 e. The van der Waals surface area contributed by atoms with Crippen LogP contribution in [0.15, 0.2) is 24.3 Å². The van der Waals surface area contributed by atoms with Gasteiger partial charge in [-0.15, -0.1) is 0 Å². The molecule has 1 aromatic heterocycles.